The topological polar surface area (TPSA) is 37.3 Å². The van der Waals surface area contributed by atoms with Crippen LogP contribution in [0.4, 0.5) is 13.2 Å². The lowest BCUT2D eigenvalue weighted by Gasteiger charge is -2.41. The molecule has 0 radical (unpaired) electrons. The Hall–Kier alpha value is -1.52. The first-order valence-electron chi connectivity index (χ1n) is 5.32. The van der Waals surface area contributed by atoms with Gasteiger partial charge in [-0.05, 0) is 25.0 Å². The molecule has 0 atom stereocenters. The summed E-state index contributed by atoms with van der Waals surface area (Å²) in [6.45, 7) is 0. The number of aliphatic carboxylic acids is 1. The number of carboxylic acids is 1. The molecule has 5 heteroatoms. The highest BCUT2D eigenvalue weighted by Gasteiger charge is 2.44. The fourth-order valence-corrected chi connectivity index (χ4v) is 2.42. The Labute approximate surface area is 96.1 Å². The third-order valence-corrected chi connectivity index (χ3v) is 3.37. The molecule has 2 rings (SSSR count). The summed E-state index contributed by atoms with van der Waals surface area (Å²) in [6, 6.07) is 1.55. The summed E-state index contributed by atoms with van der Waals surface area (Å²) in [7, 11) is 0. The van der Waals surface area contributed by atoms with Gasteiger partial charge in [-0.15, -0.1) is 0 Å². The van der Waals surface area contributed by atoms with E-state index in [0.29, 0.717) is 25.3 Å². The number of rotatable bonds is 3. The smallest absolute Gasteiger partial charge is 0.304 e. The quantitative estimate of drug-likeness (QED) is 0.830. The second-order valence-electron chi connectivity index (χ2n) is 4.42. The average molecular weight is 244 g/mol. The maximum atomic E-state index is 13.6. The molecule has 0 aliphatic heterocycles. The van der Waals surface area contributed by atoms with Crippen LogP contribution in [-0.2, 0) is 10.2 Å². The molecule has 17 heavy (non-hydrogen) atoms. The van der Waals surface area contributed by atoms with Crippen molar-refractivity contribution in [2.75, 3.05) is 0 Å². The molecular weight excluding hydrogens is 233 g/mol. The Morgan fingerprint density at radius 3 is 2.29 bits per heavy atom. The van der Waals surface area contributed by atoms with Crippen molar-refractivity contribution in [3.05, 3.63) is 35.1 Å². The molecule has 92 valence electrons. The van der Waals surface area contributed by atoms with Crippen LogP contribution in [0.2, 0.25) is 0 Å². The molecule has 2 nitrogen and oxygen atoms in total. The first-order valence-corrected chi connectivity index (χ1v) is 5.32. The molecule has 0 saturated heterocycles. The van der Waals surface area contributed by atoms with E-state index in [9.17, 15) is 18.0 Å². The molecule has 0 aromatic heterocycles. The van der Waals surface area contributed by atoms with E-state index in [2.05, 4.69) is 0 Å². The van der Waals surface area contributed by atoms with E-state index in [1.165, 1.54) is 0 Å². The summed E-state index contributed by atoms with van der Waals surface area (Å²) in [6.07, 6.45) is 1.07. The summed E-state index contributed by atoms with van der Waals surface area (Å²) in [5, 5.41) is 8.79. The van der Waals surface area contributed by atoms with Crippen molar-refractivity contribution in [1.29, 1.82) is 0 Å². The minimum absolute atomic E-state index is 0.371. The maximum absolute atomic E-state index is 13.6. The van der Waals surface area contributed by atoms with Crippen molar-refractivity contribution in [2.24, 2.45) is 0 Å². The first-order chi connectivity index (χ1) is 7.96. The molecule has 1 aromatic rings. The van der Waals surface area contributed by atoms with Gasteiger partial charge in [-0.25, -0.2) is 13.2 Å². The Morgan fingerprint density at radius 2 is 1.82 bits per heavy atom. The van der Waals surface area contributed by atoms with E-state index < -0.39 is 34.4 Å². The molecule has 1 saturated carbocycles. The highest BCUT2D eigenvalue weighted by molar-refractivity contribution is 5.69. The molecule has 0 unspecified atom stereocenters. The Kier molecular flexibility index (Phi) is 2.85. The van der Waals surface area contributed by atoms with Crippen molar-refractivity contribution in [3.8, 4) is 0 Å². The lowest BCUT2D eigenvalue weighted by molar-refractivity contribution is -0.139. The van der Waals surface area contributed by atoms with Gasteiger partial charge in [-0.1, -0.05) is 6.42 Å². The van der Waals surface area contributed by atoms with E-state index >= 15 is 0 Å². The summed E-state index contributed by atoms with van der Waals surface area (Å²) in [4.78, 5) is 10.7. The van der Waals surface area contributed by atoms with Gasteiger partial charge in [0, 0.05) is 11.0 Å². The predicted octanol–water partition coefficient (Wildman–Crippen LogP) is 3.00. The summed E-state index contributed by atoms with van der Waals surface area (Å²) >= 11 is 0. The molecule has 1 aliphatic rings. The van der Waals surface area contributed by atoms with Gasteiger partial charge < -0.3 is 5.11 Å². The molecule has 0 bridgehead atoms. The monoisotopic (exact) mass is 244 g/mol. The number of carboxylic acid groups (broad SMARTS) is 1. The van der Waals surface area contributed by atoms with Gasteiger partial charge in [0.05, 0.1) is 6.42 Å². The molecule has 1 aliphatic carbocycles. The normalized spacial score (nSPS) is 17.6. The van der Waals surface area contributed by atoms with Gasteiger partial charge in [0.25, 0.3) is 0 Å². The van der Waals surface area contributed by atoms with Gasteiger partial charge in [0.1, 0.15) is 5.82 Å². The van der Waals surface area contributed by atoms with Gasteiger partial charge in [0.2, 0.25) is 0 Å². The van der Waals surface area contributed by atoms with E-state index in [1.54, 1.807) is 0 Å². The van der Waals surface area contributed by atoms with Crippen molar-refractivity contribution in [3.63, 3.8) is 0 Å². The SMILES string of the molecule is O=C(O)CC1(c2c(F)ccc(F)c2F)CCC1. The molecule has 0 heterocycles. The molecule has 1 fully saturated rings. The van der Waals surface area contributed by atoms with E-state index in [1.807, 2.05) is 0 Å². The van der Waals surface area contributed by atoms with Gasteiger partial charge >= 0.3 is 5.97 Å². The fraction of sp³-hybridized carbons (Fsp3) is 0.417. The molecule has 1 aromatic carbocycles. The van der Waals surface area contributed by atoms with Crippen LogP contribution < -0.4 is 0 Å². The van der Waals surface area contributed by atoms with Crippen LogP contribution in [0.5, 0.6) is 0 Å². The highest BCUT2D eigenvalue weighted by Crippen LogP contribution is 2.48. The number of halogens is 3. The lowest BCUT2D eigenvalue weighted by Crippen LogP contribution is -2.38. The highest BCUT2D eigenvalue weighted by atomic mass is 19.2. The third kappa shape index (κ3) is 1.90. The van der Waals surface area contributed by atoms with Crippen molar-refractivity contribution in [1.82, 2.24) is 0 Å². The van der Waals surface area contributed by atoms with Crippen LogP contribution in [0, 0.1) is 17.5 Å². The van der Waals surface area contributed by atoms with Crippen molar-refractivity contribution < 1.29 is 23.1 Å². The van der Waals surface area contributed by atoms with Crippen LogP contribution in [0.15, 0.2) is 12.1 Å². The first kappa shape index (κ1) is 12.0. The minimum atomic E-state index is -1.26. The lowest BCUT2D eigenvalue weighted by atomic mass is 9.62. The van der Waals surface area contributed by atoms with Crippen LogP contribution in [0.3, 0.4) is 0 Å². The summed E-state index contributed by atoms with van der Waals surface area (Å²) in [5.74, 6) is -4.40. The number of hydrogen-bond donors (Lipinski definition) is 1. The fourth-order valence-electron chi connectivity index (χ4n) is 2.42. The van der Waals surface area contributed by atoms with E-state index in [4.69, 9.17) is 5.11 Å². The zero-order chi connectivity index (χ0) is 12.6. The van der Waals surface area contributed by atoms with Crippen molar-refractivity contribution in [2.45, 2.75) is 31.1 Å². The zero-order valence-corrected chi connectivity index (χ0v) is 8.97. The average Bonchev–Trinajstić information content (AvgIpc) is 2.19. The van der Waals surface area contributed by atoms with Crippen LogP contribution >= 0.6 is 0 Å². The summed E-state index contributed by atoms with van der Waals surface area (Å²) in [5.41, 5.74) is -1.49. The van der Waals surface area contributed by atoms with Crippen molar-refractivity contribution >= 4 is 5.97 Å². The van der Waals surface area contributed by atoms with E-state index in [0.717, 1.165) is 6.07 Å². The van der Waals surface area contributed by atoms with E-state index in [-0.39, 0.29) is 6.42 Å². The predicted molar refractivity (Wildman–Crippen MR) is 54.1 cm³/mol. The summed E-state index contributed by atoms with van der Waals surface area (Å²) < 4.78 is 40.3. The van der Waals surface area contributed by atoms with Gasteiger partial charge in [-0.2, -0.15) is 0 Å². The maximum Gasteiger partial charge on any atom is 0.304 e. The Balaban J connectivity index is 2.51. The Morgan fingerprint density at radius 1 is 1.24 bits per heavy atom. The number of hydrogen-bond acceptors (Lipinski definition) is 1. The molecule has 0 spiro atoms. The zero-order valence-electron chi connectivity index (χ0n) is 8.97. The molecule has 0 amide bonds. The largest absolute Gasteiger partial charge is 0.481 e. The Bertz CT molecular complexity index is 467. The second kappa shape index (κ2) is 4.05. The second-order valence-corrected chi connectivity index (χ2v) is 4.42. The van der Waals surface area contributed by atoms with Crippen LogP contribution in [0.1, 0.15) is 31.2 Å². The number of carbonyl (C=O) groups is 1. The molecular formula is C12H11F3O2. The number of benzene rings is 1. The van der Waals surface area contributed by atoms with Gasteiger partial charge in [0.15, 0.2) is 11.6 Å². The van der Waals surface area contributed by atoms with Crippen LogP contribution in [0.25, 0.3) is 0 Å². The third-order valence-electron chi connectivity index (χ3n) is 3.37. The standard InChI is InChI=1S/C12H11F3O2/c13-7-2-3-8(14)11(15)10(7)12(4-1-5-12)6-9(16)17/h2-3H,1,4-6H2,(H,16,17). The van der Waals surface area contributed by atoms with Gasteiger partial charge in [-0.3, -0.25) is 4.79 Å². The minimum Gasteiger partial charge on any atom is -0.481 e. The van der Waals surface area contributed by atoms with Crippen LogP contribution in [-0.4, -0.2) is 11.1 Å². The molecule has 1 N–H and O–H groups in total.